The normalized spacial score (nSPS) is 16.6. The molecule has 1 heterocycles. The molecule has 0 aromatic heterocycles. The molecule has 5 heteroatoms. The monoisotopic (exact) mass is 443 g/mol. The molecule has 0 aliphatic carbocycles. The summed E-state index contributed by atoms with van der Waals surface area (Å²) in [6.45, 7) is 2.16. The number of hydrogen-bond donors (Lipinski definition) is 1. The van der Waals surface area contributed by atoms with Crippen molar-refractivity contribution in [1.82, 2.24) is 4.90 Å². The maximum atomic E-state index is 13.2. The van der Waals surface area contributed by atoms with Crippen molar-refractivity contribution in [3.05, 3.63) is 101 Å². The Morgan fingerprint density at radius 2 is 1.64 bits per heavy atom. The lowest BCUT2D eigenvalue weighted by Gasteiger charge is -2.24. The zero-order valence-electron chi connectivity index (χ0n) is 18.9. The largest absolute Gasteiger partial charge is 0.487 e. The van der Waals surface area contributed by atoms with Crippen LogP contribution in [0.5, 0.6) is 5.75 Å². The number of aryl methyl sites for hydroxylation is 1. The van der Waals surface area contributed by atoms with E-state index in [1.165, 1.54) is 16.0 Å². The fourth-order valence-electron chi connectivity index (χ4n) is 4.50. The lowest BCUT2D eigenvalue weighted by atomic mass is 9.91. The van der Waals surface area contributed by atoms with Crippen LogP contribution in [0.1, 0.15) is 40.4 Å². The van der Waals surface area contributed by atoms with E-state index >= 15 is 0 Å². The Bertz CT molecular complexity index is 1110. The van der Waals surface area contributed by atoms with E-state index in [2.05, 4.69) is 19.1 Å². The summed E-state index contributed by atoms with van der Waals surface area (Å²) in [7, 11) is 0. The average molecular weight is 444 g/mol. The minimum absolute atomic E-state index is 0.259. The number of fused-ring (bicyclic) bond motifs is 1. The summed E-state index contributed by atoms with van der Waals surface area (Å²) in [6, 6.07) is 25.6. The highest BCUT2D eigenvalue weighted by Crippen LogP contribution is 2.37. The highest BCUT2D eigenvalue weighted by Gasteiger charge is 2.35. The molecule has 1 N–H and O–H groups in total. The van der Waals surface area contributed by atoms with E-state index in [-0.39, 0.29) is 18.1 Å². The first kappa shape index (κ1) is 22.6. The molecule has 0 radical (unpaired) electrons. The van der Waals surface area contributed by atoms with Gasteiger partial charge < -0.3 is 14.7 Å². The second-order valence-electron chi connectivity index (χ2n) is 8.92. The number of ether oxygens (including phenoxy) is 1. The number of carbonyl (C=O) groups is 2. The molecule has 1 aliphatic rings. The predicted octanol–water partition coefficient (Wildman–Crippen LogP) is 4.78. The number of hydrogen-bond acceptors (Lipinski definition) is 3. The van der Waals surface area contributed by atoms with Gasteiger partial charge in [0.05, 0.1) is 0 Å². The third-order valence-electron chi connectivity index (χ3n) is 6.00. The number of aliphatic carboxylic acids is 1. The van der Waals surface area contributed by atoms with E-state index in [1.54, 1.807) is 6.07 Å². The quantitative estimate of drug-likeness (QED) is 0.517. The molecule has 4 rings (SSSR count). The fraction of sp³-hybridized carbons (Fsp3) is 0.286. The first-order valence-electron chi connectivity index (χ1n) is 11.3. The van der Waals surface area contributed by atoms with Crippen LogP contribution in [0.4, 0.5) is 0 Å². The van der Waals surface area contributed by atoms with E-state index in [1.807, 2.05) is 60.7 Å². The summed E-state index contributed by atoms with van der Waals surface area (Å²) < 4.78 is 6.25. The number of carbonyl (C=O) groups excluding carboxylic acids is 1. The highest BCUT2D eigenvalue weighted by atomic mass is 16.5. The average Bonchev–Trinajstić information content (AvgIpc) is 3.13. The lowest BCUT2D eigenvalue weighted by Crippen LogP contribution is -2.36. The van der Waals surface area contributed by atoms with Crippen molar-refractivity contribution in [2.45, 2.75) is 38.2 Å². The van der Waals surface area contributed by atoms with Gasteiger partial charge in [-0.3, -0.25) is 9.59 Å². The first-order chi connectivity index (χ1) is 15.9. The number of amides is 1. The van der Waals surface area contributed by atoms with Gasteiger partial charge in [0.15, 0.2) is 0 Å². The standard InChI is InChI=1S/C28H29NO4/c1-28(18-22-11-6-3-7-12-22)19-24-17-23(14-15-25(24)33-28)27(32)29(20-26(30)31)16-8-13-21-9-4-2-5-10-21/h2-7,9-12,14-15,17H,8,13,16,18-20H2,1H3,(H,30,31)/t28-/m1/s1. The molecule has 1 amide bonds. The third kappa shape index (κ3) is 5.80. The topological polar surface area (TPSA) is 66.8 Å². The Hall–Kier alpha value is -3.60. The van der Waals surface area contributed by atoms with Gasteiger partial charge in [-0.05, 0) is 54.7 Å². The number of carboxylic acids is 1. The van der Waals surface area contributed by atoms with Crippen LogP contribution in [0.3, 0.4) is 0 Å². The predicted molar refractivity (Wildman–Crippen MR) is 128 cm³/mol. The van der Waals surface area contributed by atoms with Crippen molar-refractivity contribution >= 4 is 11.9 Å². The number of benzene rings is 3. The molecular weight excluding hydrogens is 414 g/mol. The van der Waals surface area contributed by atoms with Gasteiger partial charge in [-0.15, -0.1) is 0 Å². The zero-order chi connectivity index (χ0) is 23.3. The molecule has 0 fully saturated rings. The van der Waals surface area contributed by atoms with Crippen LogP contribution in [0, 0.1) is 0 Å². The molecule has 1 atom stereocenters. The van der Waals surface area contributed by atoms with Gasteiger partial charge in [0, 0.05) is 24.9 Å². The van der Waals surface area contributed by atoms with E-state index in [4.69, 9.17) is 4.74 Å². The minimum atomic E-state index is -1.01. The van der Waals surface area contributed by atoms with E-state index in [0.717, 1.165) is 24.2 Å². The third-order valence-corrected chi connectivity index (χ3v) is 6.00. The second kappa shape index (κ2) is 9.90. The molecule has 0 saturated heterocycles. The van der Waals surface area contributed by atoms with Crippen molar-refractivity contribution in [3.8, 4) is 5.75 Å². The van der Waals surface area contributed by atoms with Crippen LogP contribution in [0.2, 0.25) is 0 Å². The summed E-state index contributed by atoms with van der Waals surface area (Å²) in [5.41, 5.74) is 3.49. The van der Waals surface area contributed by atoms with Crippen LogP contribution in [0.15, 0.2) is 78.9 Å². The van der Waals surface area contributed by atoms with Crippen LogP contribution in [-0.4, -0.2) is 40.6 Å². The smallest absolute Gasteiger partial charge is 0.323 e. The Morgan fingerprint density at radius 3 is 2.30 bits per heavy atom. The van der Waals surface area contributed by atoms with Crippen LogP contribution in [0.25, 0.3) is 0 Å². The molecule has 170 valence electrons. The van der Waals surface area contributed by atoms with Crippen molar-refractivity contribution in [3.63, 3.8) is 0 Å². The Kier molecular flexibility index (Phi) is 6.78. The van der Waals surface area contributed by atoms with Crippen molar-refractivity contribution in [2.75, 3.05) is 13.1 Å². The molecule has 3 aromatic carbocycles. The first-order valence-corrected chi connectivity index (χ1v) is 11.3. The van der Waals surface area contributed by atoms with Gasteiger partial charge in [0.1, 0.15) is 17.9 Å². The molecule has 0 saturated carbocycles. The summed E-state index contributed by atoms with van der Waals surface area (Å²) in [5.74, 6) is -0.480. The Labute approximate surface area is 194 Å². The fourth-order valence-corrected chi connectivity index (χ4v) is 4.50. The molecule has 33 heavy (non-hydrogen) atoms. The van der Waals surface area contributed by atoms with Gasteiger partial charge in [0.2, 0.25) is 0 Å². The van der Waals surface area contributed by atoms with E-state index < -0.39 is 5.97 Å². The molecular formula is C28H29NO4. The summed E-state index contributed by atoms with van der Waals surface area (Å²) in [4.78, 5) is 26.0. The number of carboxylic acid groups (broad SMARTS) is 1. The van der Waals surface area contributed by atoms with Crippen LogP contribution < -0.4 is 4.74 Å². The summed E-state index contributed by atoms with van der Waals surface area (Å²) >= 11 is 0. The van der Waals surface area contributed by atoms with Crippen LogP contribution >= 0.6 is 0 Å². The van der Waals surface area contributed by atoms with Gasteiger partial charge in [-0.2, -0.15) is 0 Å². The van der Waals surface area contributed by atoms with Gasteiger partial charge in [0.25, 0.3) is 5.91 Å². The van der Waals surface area contributed by atoms with E-state index in [0.29, 0.717) is 24.9 Å². The van der Waals surface area contributed by atoms with Gasteiger partial charge >= 0.3 is 5.97 Å². The minimum Gasteiger partial charge on any atom is -0.487 e. The van der Waals surface area contributed by atoms with Crippen LogP contribution in [-0.2, 0) is 24.1 Å². The SMILES string of the molecule is C[C@@]1(Cc2ccccc2)Cc2cc(C(=O)N(CCCc3ccccc3)CC(=O)O)ccc2O1. The summed E-state index contributed by atoms with van der Waals surface area (Å²) in [5, 5.41) is 9.35. The van der Waals surface area contributed by atoms with Gasteiger partial charge in [-0.1, -0.05) is 60.7 Å². The van der Waals surface area contributed by atoms with E-state index in [9.17, 15) is 14.7 Å². The molecule has 3 aromatic rings. The Morgan fingerprint density at radius 1 is 0.970 bits per heavy atom. The number of rotatable bonds is 9. The van der Waals surface area contributed by atoms with Crippen molar-refractivity contribution in [2.24, 2.45) is 0 Å². The molecule has 0 unspecified atom stereocenters. The van der Waals surface area contributed by atoms with Crippen molar-refractivity contribution < 1.29 is 19.4 Å². The highest BCUT2D eigenvalue weighted by molar-refractivity contribution is 5.96. The summed E-state index contributed by atoms with van der Waals surface area (Å²) in [6.07, 6.45) is 2.97. The van der Waals surface area contributed by atoms with Gasteiger partial charge in [-0.25, -0.2) is 0 Å². The lowest BCUT2D eigenvalue weighted by molar-refractivity contribution is -0.137. The molecule has 1 aliphatic heterocycles. The Balaban J connectivity index is 1.44. The molecule has 0 bridgehead atoms. The number of nitrogens with zero attached hydrogens (tertiary/aromatic N) is 1. The molecule has 0 spiro atoms. The maximum Gasteiger partial charge on any atom is 0.323 e. The maximum absolute atomic E-state index is 13.2. The van der Waals surface area contributed by atoms with Crippen molar-refractivity contribution in [1.29, 1.82) is 0 Å². The zero-order valence-corrected chi connectivity index (χ0v) is 18.9. The second-order valence-corrected chi connectivity index (χ2v) is 8.92. The molecule has 5 nitrogen and oxygen atoms in total.